The summed E-state index contributed by atoms with van der Waals surface area (Å²) in [6, 6.07) is 3.52. The highest BCUT2D eigenvalue weighted by Gasteiger charge is 2.40. The van der Waals surface area contributed by atoms with E-state index >= 15 is 0 Å². The second kappa shape index (κ2) is 6.22. The lowest BCUT2D eigenvalue weighted by Gasteiger charge is -2.49. The highest BCUT2D eigenvalue weighted by atomic mass is 32.1. The van der Waals surface area contributed by atoms with Gasteiger partial charge in [0.2, 0.25) is 0 Å². The lowest BCUT2D eigenvalue weighted by molar-refractivity contribution is 0.0217. The van der Waals surface area contributed by atoms with Crippen LogP contribution in [0.5, 0.6) is 0 Å². The Labute approximate surface area is 143 Å². The summed E-state index contributed by atoms with van der Waals surface area (Å²) < 4.78 is 13.0. The molecule has 24 heavy (non-hydrogen) atoms. The van der Waals surface area contributed by atoms with Crippen molar-refractivity contribution in [1.82, 2.24) is 20.2 Å². The molecule has 3 aliphatic heterocycles. The molecule has 2 aromatic rings. The van der Waals surface area contributed by atoms with E-state index in [2.05, 4.69) is 27.1 Å². The molecule has 2 bridgehead atoms. The zero-order valence-corrected chi connectivity index (χ0v) is 14.2. The van der Waals surface area contributed by atoms with Gasteiger partial charge in [-0.1, -0.05) is 0 Å². The van der Waals surface area contributed by atoms with Crippen LogP contribution in [0.25, 0.3) is 10.6 Å². The fourth-order valence-electron chi connectivity index (χ4n) is 3.78. The number of pyridine rings is 1. The average molecular weight is 346 g/mol. The Morgan fingerprint density at radius 3 is 2.75 bits per heavy atom. The lowest BCUT2D eigenvalue weighted by Crippen LogP contribution is -2.62. The Kier molecular flexibility index (Phi) is 4.05. The second-order valence-corrected chi connectivity index (χ2v) is 7.54. The summed E-state index contributed by atoms with van der Waals surface area (Å²) in [5, 5.41) is 3.61. The first kappa shape index (κ1) is 15.7. The SMILES string of the molecule is CC1C(NC(=O)c2ncc(-c3ccc(F)cn3)s2)C2CCN1CC2. The van der Waals surface area contributed by atoms with Gasteiger partial charge in [-0.25, -0.2) is 9.37 Å². The molecule has 3 saturated heterocycles. The van der Waals surface area contributed by atoms with Gasteiger partial charge in [-0.15, -0.1) is 11.3 Å². The van der Waals surface area contributed by atoms with Crippen molar-refractivity contribution in [3.05, 3.63) is 35.4 Å². The van der Waals surface area contributed by atoms with E-state index in [1.54, 1.807) is 12.3 Å². The maximum Gasteiger partial charge on any atom is 0.280 e. The van der Waals surface area contributed by atoms with Gasteiger partial charge in [0.1, 0.15) is 5.82 Å². The first-order valence-electron chi connectivity index (χ1n) is 8.24. The Morgan fingerprint density at radius 2 is 2.08 bits per heavy atom. The number of nitrogens with one attached hydrogen (secondary N) is 1. The highest BCUT2D eigenvalue weighted by Crippen LogP contribution is 2.32. The summed E-state index contributed by atoms with van der Waals surface area (Å²) in [6.45, 7) is 4.46. The molecule has 2 unspecified atom stereocenters. The number of thiazole rings is 1. The molecule has 126 valence electrons. The van der Waals surface area contributed by atoms with Crippen LogP contribution in [0.2, 0.25) is 0 Å². The average Bonchev–Trinajstić information content (AvgIpc) is 3.09. The molecule has 3 fully saturated rings. The number of halogens is 1. The van der Waals surface area contributed by atoms with Gasteiger partial charge in [-0.3, -0.25) is 14.7 Å². The Balaban J connectivity index is 1.48. The minimum absolute atomic E-state index is 0.126. The van der Waals surface area contributed by atoms with Crippen LogP contribution in [0.15, 0.2) is 24.5 Å². The molecule has 5 rings (SSSR count). The van der Waals surface area contributed by atoms with Crippen LogP contribution >= 0.6 is 11.3 Å². The molecule has 5 nitrogen and oxygen atoms in total. The predicted molar refractivity (Wildman–Crippen MR) is 90.3 cm³/mol. The zero-order valence-electron chi connectivity index (χ0n) is 13.4. The van der Waals surface area contributed by atoms with Gasteiger partial charge < -0.3 is 5.32 Å². The van der Waals surface area contributed by atoms with Crippen molar-refractivity contribution in [1.29, 1.82) is 0 Å². The van der Waals surface area contributed by atoms with Crippen LogP contribution in [0.1, 0.15) is 29.6 Å². The van der Waals surface area contributed by atoms with Crippen molar-refractivity contribution in [3.8, 4) is 10.6 Å². The third-order valence-corrected chi connectivity index (χ3v) is 6.17. The molecular weight excluding hydrogens is 327 g/mol. The fraction of sp³-hybridized carbons (Fsp3) is 0.471. The maximum atomic E-state index is 13.0. The van der Waals surface area contributed by atoms with Gasteiger partial charge in [0.15, 0.2) is 5.01 Å². The van der Waals surface area contributed by atoms with Gasteiger partial charge in [0, 0.05) is 18.3 Å². The van der Waals surface area contributed by atoms with Crippen molar-refractivity contribution in [3.63, 3.8) is 0 Å². The largest absolute Gasteiger partial charge is 0.345 e. The van der Waals surface area contributed by atoms with E-state index in [0.717, 1.165) is 30.8 Å². The summed E-state index contributed by atoms with van der Waals surface area (Å²) in [4.78, 5) is 24.0. The van der Waals surface area contributed by atoms with E-state index in [-0.39, 0.29) is 17.8 Å². The Hall–Kier alpha value is -1.86. The van der Waals surface area contributed by atoms with Crippen LogP contribution < -0.4 is 5.32 Å². The highest BCUT2D eigenvalue weighted by molar-refractivity contribution is 7.16. The summed E-state index contributed by atoms with van der Waals surface area (Å²) in [5.41, 5.74) is 0.629. The van der Waals surface area contributed by atoms with Crippen molar-refractivity contribution in [2.24, 2.45) is 5.92 Å². The number of rotatable bonds is 3. The standard InChI is InChI=1S/C17H19FN4OS/c1-10-15(11-4-6-22(10)7-5-11)21-16(23)17-20-9-14(24-17)13-3-2-12(18)8-19-13/h2-3,8-11,15H,4-7H2,1H3,(H,21,23). The minimum atomic E-state index is -0.377. The summed E-state index contributed by atoms with van der Waals surface area (Å²) in [7, 11) is 0. The van der Waals surface area contributed by atoms with Gasteiger partial charge in [0.25, 0.3) is 5.91 Å². The normalized spacial score (nSPS) is 28.8. The zero-order chi connectivity index (χ0) is 16.7. The number of piperidine rings is 3. The molecule has 1 amide bonds. The van der Waals surface area contributed by atoms with Crippen LogP contribution in [0.4, 0.5) is 4.39 Å². The van der Waals surface area contributed by atoms with E-state index in [0.29, 0.717) is 22.7 Å². The van der Waals surface area contributed by atoms with E-state index < -0.39 is 0 Å². The Morgan fingerprint density at radius 1 is 1.29 bits per heavy atom. The van der Waals surface area contributed by atoms with E-state index in [1.165, 1.54) is 23.6 Å². The quantitative estimate of drug-likeness (QED) is 0.928. The predicted octanol–water partition coefficient (Wildman–Crippen LogP) is 2.56. The number of nitrogens with zero attached hydrogens (tertiary/aromatic N) is 3. The molecule has 2 atom stereocenters. The van der Waals surface area contributed by atoms with Crippen LogP contribution in [-0.4, -0.2) is 45.9 Å². The Bertz CT molecular complexity index is 737. The van der Waals surface area contributed by atoms with E-state index in [4.69, 9.17) is 0 Å². The number of amides is 1. The second-order valence-electron chi connectivity index (χ2n) is 6.50. The number of fused-ring (bicyclic) bond motifs is 3. The molecule has 0 radical (unpaired) electrons. The van der Waals surface area contributed by atoms with E-state index in [9.17, 15) is 9.18 Å². The van der Waals surface area contributed by atoms with Gasteiger partial charge in [0.05, 0.1) is 16.8 Å². The molecule has 0 aliphatic carbocycles. The van der Waals surface area contributed by atoms with Crippen molar-refractivity contribution >= 4 is 17.2 Å². The summed E-state index contributed by atoms with van der Waals surface area (Å²) in [5.74, 6) is 0.0590. The number of carbonyl (C=O) groups is 1. The molecule has 3 aliphatic rings. The number of hydrogen-bond acceptors (Lipinski definition) is 5. The smallest absolute Gasteiger partial charge is 0.280 e. The monoisotopic (exact) mass is 346 g/mol. The number of carbonyl (C=O) groups excluding carboxylic acids is 1. The molecule has 1 N–H and O–H groups in total. The van der Waals surface area contributed by atoms with Gasteiger partial charge in [-0.2, -0.15) is 0 Å². The lowest BCUT2D eigenvalue weighted by atomic mass is 9.79. The molecule has 0 saturated carbocycles. The molecule has 7 heteroatoms. The first-order valence-corrected chi connectivity index (χ1v) is 9.06. The van der Waals surface area contributed by atoms with Gasteiger partial charge >= 0.3 is 0 Å². The van der Waals surface area contributed by atoms with Crippen LogP contribution in [0, 0.1) is 11.7 Å². The number of aromatic nitrogens is 2. The van der Waals surface area contributed by atoms with E-state index in [1.807, 2.05) is 0 Å². The topological polar surface area (TPSA) is 58.1 Å². The number of hydrogen-bond donors (Lipinski definition) is 1. The molecular formula is C17H19FN4OS. The maximum absolute atomic E-state index is 13.0. The summed E-state index contributed by atoms with van der Waals surface area (Å²) in [6.07, 6.45) is 5.10. The van der Waals surface area contributed by atoms with Crippen molar-refractivity contribution < 1.29 is 9.18 Å². The van der Waals surface area contributed by atoms with Crippen LogP contribution in [0.3, 0.4) is 0 Å². The first-order chi connectivity index (χ1) is 11.6. The molecule has 0 spiro atoms. The third kappa shape index (κ3) is 2.82. The molecule has 2 aromatic heterocycles. The van der Waals surface area contributed by atoms with Crippen LogP contribution in [-0.2, 0) is 0 Å². The third-order valence-electron chi connectivity index (χ3n) is 5.16. The van der Waals surface area contributed by atoms with Crippen molar-refractivity contribution in [2.75, 3.05) is 13.1 Å². The molecule has 5 heterocycles. The van der Waals surface area contributed by atoms with Gasteiger partial charge in [-0.05, 0) is 50.9 Å². The minimum Gasteiger partial charge on any atom is -0.345 e. The summed E-state index contributed by atoms with van der Waals surface area (Å²) >= 11 is 1.29. The fourth-order valence-corrected chi connectivity index (χ4v) is 4.57. The molecule has 0 aromatic carbocycles. The van der Waals surface area contributed by atoms with Crippen molar-refractivity contribution in [2.45, 2.75) is 31.8 Å².